The first-order valence-corrected chi connectivity index (χ1v) is 16.9. The minimum absolute atomic E-state index is 0.0154. The maximum absolute atomic E-state index is 12.9. The van der Waals surface area contributed by atoms with Gasteiger partial charge in [-0.15, -0.1) is 0 Å². The average molecular weight is 605 g/mol. The number of ether oxygens (including phenoxy) is 2. The van der Waals surface area contributed by atoms with Crippen LogP contribution in [0.1, 0.15) is 106 Å². The summed E-state index contributed by atoms with van der Waals surface area (Å²) in [5, 5.41) is 52.3. The summed E-state index contributed by atoms with van der Waals surface area (Å²) < 4.78 is 12.0. The summed E-state index contributed by atoms with van der Waals surface area (Å²) in [6, 6.07) is 0. The Labute approximate surface area is 257 Å². The third kappa shape index (κ3) is 4.32. The van der Waals surface area contributed by atoms with Gasteiger partial charge in [0.25, 0.3) is 0 Å². The van der Waals surface area contributed by atoms with Gasteiger partial charge in [-0.1, -0.05) is 53.2 Å². The highest BCUT2D eigenvalue weighted by Gasteiger charge is 2.70. The highest BCUT2D eigenvalue weighted by molar-refractivity contribution is 5.76. The molecule has 0 bridgehead atoms. The van der Waals surface area contributed by atoms with Crippen LogP contribution in [0.5, 0.6) is 0 Å². The Morgan fingerprint density at radius 3 is 2.30 bits per heavy atom. The van der Waals surface area contributed by atoms with Crippen molar-refractivity contribution in [3.63, 3.8) is 0 Å². The maximum Gasteiger partial charge on any atom is 0.310 e. The lowest BCUT2D eigenvalue weighted by Crippen LogP contribution is -2.66. The molecule has 8 heteroatoms. The number of hydrogen-bond acceptors (Lipinski definition) is 7. The monoisotopic (exact) mass is 604 g/mol. The molecule has 244 valence electrons. The lowest BCUT2D eigenvalue weighted by atomic mass is 9.33. The summed E-state index contributed by atoms with van der Waals surface area (Å²) in [5.74, 6) is 0.0529. The van der Waals surface area contributed by atoms with Gasteiger partial charge in [0.1, 0.15) is 18.3 Å². The molecule has 6 rings (SSSR count). The number of aliphatic carboxylic acids is 1. The standard InChI is InChI=1S/C35H56O8/c1-30(2)13-15-35(29(40)41)16-14-33(5)20(21(35)17-30)7-8-24-31(3)11-10-25(43-28-27(39)26(38)22(37)18-42-28)32(4,19-36)23(31)9-12-34(24,33)6/h7,21-28,36-39H,8-19H2,1-6H3,(H,40,41)/t21-,22-,23+,24+,25-,26-,27-,28+,31-,32-,33+,34+,35-/m0/s1. The van der Waals surface area contributed by atoms with Crippen LogP contribution in [-0.4, -0.2) is 75.4 Å². The molecule has 5 aliphatic carbocycles. The Kier molecular flexibility index (Phi) is 7.60. The Morgan fingerprint density at radius 1 is 0.930 bits per heavy atom. The molecule has 5 fully saturated rings. The van der Waals surface area contributed by atoms with Gasteiger partial charge >= 0.3 is 5.97 Å². The van der Waals surface area contributed by atoms with Gasteiger partial charge in [-0.3, -0.25) is 4.79 Å². The number of carboxylic acid groups (broad SMARTS) is 1. The van der Waals surface area contributed by atoms with Crippen molar-refractivity contribution in [1.82, 2.24) is 0 Å². The van der Waals surface area contributed by atoms with Crippen LogP contribution in [0.3, 0.4) is 0 Å². The van der Waals surface area contributed by atoms with Gasteiger partial charge in [0.05, 0.1) is 24.7 Å². The van der Waals surface area contributed by atoms with Gasteiger partial charge in [-0.25, -0.2) is 0 Å². The number of aliphatic hydroxyl groups excluding tert-OH is 4. The van der Waals surface area contributed by atoms with Crippen LogP contribution in [0.2, 0.25) is 0 Å². The molecule has 0 aromatic heterocycles. The van der Waals surface area contributed by atoms with E-state index in [1.165, 1.54) is 5.57 Å². The second kappa shape index (κ2) is 10.2. The molecule has 0 spiro atoms. The van der Waals surface area contributed by atoms with E-state index in [2.05, 4.69) is 47.6 Å². The molecule has 8 nitrogen and oxygen atoms in total. The molecule has 13 atom stereocenters. The zero-order chi connectivity index (χ0) is 31.4. The van der Waals surface area contributed by atoms with Crippen molar-refractivity contribution in [3.05, 3.63) is 11.6 Å². The van der Waals surface area contributed by atoms with Crippen molar-refractivity contribution in [2.24, 2.45) is 50.2 Å². The number of fused-ring (bicyclic) bond motifs is 7. The number of rotatable bonds is 4. The number of hydrogen-bond donors (Lipinski definition) is 5. The Balaban J connectivity index is 1.32. The molecule has 6 aliphatic rings. The number of carbonyl (C=O) groups is 1. The molecule has 0 radical (unpaired) electrons. The van der Waals surface area contributed by atoms with E-state index in [0.717, 1.165) is 57.8 Å². The van der Waals surface area contributed by atoms with Gasteiger partial charge in [0.15, 0.2) is 6.29 Å². The maximum atomic E-state index is 12.9. The van der Waals surface area contributed by atoms with Crippen molar-refractivity contribution in [1.29, 1.82) is 0 Å². The van der Waals surface area contributed by atoms with Crippen molar-refractivity contribution in [3.8, 4) is 0 Å². The molecule has 5 N–H and O–H groups in total. The summed E-state index contributed by atoms with van der Waals surface area (Å²) in [6.07, 6.45) is 6.03. The molecule has 0 aromatic rings. The van der Waals surface area contributed by atoms with Crippen LogP contribution in [0.4, 0.5) is 0 Å². The number of carboxylic acids is 1. The van der Waals surface area contributed by atoms with E-state index in [1.54, 1.807) is 0 Å². The number of allylic oxidation sites excluding steroid dienone is 2. The Hall–Kier alpha value is -1.03. The Bertz CT molecular complexity index is 1150. The molecule has 0 amide bonds. The lowest BCUT2D eigenvalue weighted by molar-refractivity contribution is -0.312. The quantitative estimate of drug-likeness (QED) is 0.231. The average Bonchev–Trinajstić information content (AvgIpc) is 2.94. The molecule has 43 heavy (non-hydrogen) atoms. The van der Waals surface area contributed by atoms with Gasteiger partial charge in [0, 0.05) is 5.41 Å². The van der Waals surface area contributed by atoms with Crippen LogP contribution in [0, 0.1) is 50.2 Å². The van der Waals surface area contributed by atoms with Crippen molar-refractivity contribution in [2.75, 3.05) is 13.2 Å². The SMILES string of the molecule is CC1(C)CC[C@]2(C(=O)O)CC[C@]3(C)C(=CC[C@@H]4[C@@]5(C)CC[C@H](O[C@H]6OC[C@H](O)[C@H](O)[C@@H]6O)[C@@](C)(CO)[C@@H]5CC[C@]43C)[C@@H]2C1. The molecule has 1 heterocycles. The predicted molar refractivity (Wildman–Crippen MR) is 161 cm³/mol. The van der Waals surface area contributed by atoms with Crippen LogP contribution in [0.15, 0.2) is 11.6 Å². The summed E-state index contributed by atoms with van der Waals surface area (Å²) in [6.45, 7) is 13.9. The first-order valence-electron chi connectivity index (χ1n) is 16.9. The van der Waals surface area contributed by atoms with Crippen LogP contribution >= 0.6 is 0 Å². The van der Waals surface area contributed by atoms with Crippen LogP contribution in [0.25, 0.3) is 0 Å². The second-order valence-corrected chi connectivity index (χ2v) is 17.3. The van der Waals surface area contributed by atoms with Crippen molar-refractivity contribution in [2.45, 2.75) is 136 Å². The minimum atomic E-state index is -1.36. The number of aliphatic hydroxyl groups is 4. The largest absolute Gasteiger partial charge is 0.481 e. The zero-order valence-corrected chi connectivity index (χ0v) is 27.1. The van der Waals surface area contributed by atoms with E-state index in [-0.39, 0.29) is 52.8 Å². The summed E-state index contributed by atoms with van der Waals surface area (Å²) in [7, 11) is 0. The van der Waals surface area contributed by atoms with E-state index >= 15 is 0 Å². The molecule has 0 unspecified atom stereocenters. The molecular formula is C35H56O8. The molecule has 1 aliphatic heterocycles. The van der Waals surface area contributed by atoms with E-state index in [9.17, 15) is 30.3 Å². The van der Waals surface area contributed by atoms with Gasteiger partial charge in [0.2, 0.25) is 0 Å². The highest BCUT2D eigenvalue weighted by atomic mass is 16.7. The van der Waals surface area contributed by atoms with E-state index in [0.29, 0.717) is 12.3 Å². The summed E-state index contributed by atoms with van der Waals surface area (Å²) in [5.41, 5.74) is 0.232. The minimum Gasteiger partial charge on any atom is -0.481 e. The van der Waals surface area contributed by atoms with E-state index in [1.807, 2.05) is 0 Å². The molecule has 1 saturated heterocycles. The van der Waals surface area contributed by atoms with Crippen LogP contribution in [-0.2, 0) is 14.3 Å². The van der Waals surface area contributed by atoms with Gasteiger partial charge < -0.3 is 35.0 Å². The Morgan fingerprint density at radius 2 is 1.63 bits per heavy atom. The van der Waals surface area contributed by atoms with Gasteiger partial charge in [-0.05, 0) is 104 Å². The lowest BCUT2D eigenvalue weighted by Gasteiger charge is -2.71. The summed E-state index contributed by atoms with van der Waals surface area (Å²) in [4.78, 5) is 12.9. The fourth-order valence-electron chi connectivity index (χ4n) is 11.9. The van der Waals surface area contributed by atoms with Crippen molar-refractivity contribution < 1.29 is 39.8 Å². The second-order valence-electron chi connectivity index (χ2n) is 17.3. The topological polar surface area (TPSA) is 137 Å². The predicted octanol–water partition coefficient (Wildman–Crippen LogP) is 4.67. The molecular weight excluding hydrogens is 548 g/mol. The highest BCUT2D eigenvalue weighted by Crippen LogP contribution is 2.76. The first kappa shape index (κ1) is 31.9. The fourth-order valence-corrected chi connectivity index (χ4v) is 11.9. The fraction of sp³-hybridized carbons (Fsp3) is 0.914. The van der Waals surface area contributed by atoms with Crippen molar-refractivity contribution >= 4 is 5.97 Å². The summed E-state index contributed by atoms with van der Waals surface area (Å²) >= 11 is 0. The van der Waals surface area contributed by atoms with E-state index < -0.39 is 41.4 Å². The normalized spacial score (nSPS) is 54.3. The third-order valence-electron chi connectivity index (χ3n) is 14.9. The van der Waals surface area contributed by atoms with E-state index in [4.69, 9.17) is 9.47 Å². The van der Waals surface area contributed by atoms with Crippen LogP contribution < -0.4 is 0 Å². The first-order chi connectivity index (χ1) is 20.0. The molecule has 0 aromatic carbocycles. The van der Waals surface area contributed by atoms with Gasteiger partial charge in [-0.2, -0.15) is 0 Å². The smallest absolute Gasteiger partial charge is 0.310 e. The third-order valence-corrected chi connectivity index (χ3v) is 14.9. The molecule has 4 saturated carbocycles. The zero-order valence-electron chi connectivity index (χ0n) is 27.1.